The predicted molar refractivity (Wildman–Crippen MR) is 155 cm³/mol. The minimum absolute atomic E-state index is 0.0325. The molecule has 2 aromatic rings. The van der Waals surface area contributed by atoms with Gasteiger partial charge in [-0.2, -0.15) is 0 Å². The second kappa shape index (κ2) is 14.6. The lowest BCUT2D eigenvalue weighted by molar-refractivity contribution is -0.143. The van der Waals surface area contributed by atoms with Crippen molar-refractivity contribution < 1.29 is 32.9 Å². The van der Waals surface area contributed by atoms with E-state index in [2.05, 4.69) is 5.32 Å². The molecule has 3 aliphatic rings. The molecule has 0 aliphatic carbocycles. The van der Waals surface area contributed by atoms with Gasteiger partial charge < -0.3 is 24.6 Å². The Morgan fingerprint density at radius 1 is 1.24 bits per heavy atom. The van der Waals surface area contributed by atoms with Gasteiger partial charge in [0.2, 0.25) is 0 Å². The van der Waals surface area contributed by atoms with Crippen molar-refractivity contribution in [3.8, 4) is 5.75 Å². The van der Waals surface area contributed by atoms with E-state index in [-0.39, 0.29) is 18.6 Å². The molecule has 230 valence electrons. The molecule has 42 heavy (non-hydrogen) atoms. The topological polar surface area (TPSA) is 93.2 Å². The Balaban J connectivity index is 1.15. The SMILES string of the molecule is COc1cc(CCCC[C@H](F)C2CCN(C(C(=O)O)c3cc(F)ccc3COC3CCOCC3)C2)nc2c1CCCN2. The van der Waals surface area contributed by atoms with Gasteiger partial charge in [-0.15, -0.1) is 0 Å². The number of hydrogen-bond acceptors (Lipinski definition) is 7. The van der Waals surface area contributed by atoms with Gasteiger partial charge in [-0.1, -0.05) is 12.5 Å². The fourth-order valence-corrected chi connectivity index (χ4v) is 6.48. The van der Waals surface area contributed by atoms with E-state index in [0.717, 1.165) is 67.9 Å². The van der Waals surface area contributed by atoms with Gasteiger partial charge in [-0.25, -0.2) is 13.8 Å². The average Bonchev–Trinajstić information content (AvgIpc) is 3.48. The molecular weight excluding hydrogens is 544 g/mol. The molecule has 2 unspecified atom stereocenters. The molecule has 1 aromatic heterocycles. The quantitative estimate of drug-likeness (QED) is 0.298. The number of nitrogens with one attached hydrogen (secondary N) is 1. The standard InChI is InChI=1S/C32H43F2N3O5/c1-40-29-18-24(36-31-26(29)6-4-13-35-31)5-2-3-7-28(34)21-10-14-37(19-21)30(32(38)39)27-17-23(33)9-8-22(27)20-42-25-11-15-41-16-12-25/h8-9,17-18,21,25,28,30H,2-7,10-16,19-20H2,1H3,(H,35,36)(H,38,39)/t21?,28-,30?/m0/s1. The largest absolute Gasteiger partial charge is 0.496 e. The van der Waals surface area contributed by atoms with Crippen LogP contribution in [0.4, 0.5) is 14.6 Å². The lowest BCUT2D eigenvalue weighted by Gasteiger charge is -2.28. The van der Waals surface area contributed by atoms with Gasteiger partial charge in [0.15, 0.2) is 0 Å². The number of aliphatic carboxylic acids is 1. The molecule has 0 saturated carbocycles. The maximum Gasteiger partial charge on any atom is 0.325 e. The van der Waals surface area contributed by atoms with Gasteiger partial charge in [-0.05, 0) is 81.2 Å². The molecule has 0 bridgehead atoms. The van der Waals surface area contributed by atoms with Crippen LogP contribution >= 0.6 is 0 Å². The summed E-state index contributed by atoms with van der Waals surface area (Å²) in [5.74, 6) is -0.0530. The second-order valence-corrected chi connectivity index (χ2v) is 11.7. The fraction of sp³-hybridized carbons (Fsp3) is 0.625. The molecular formula is C32H43F2N3O5. The van der Waals surface area contributed by atoms with Crippen molar-refractivity contribution in [2.75, 3.05) is 45.3 Å². The van der Waals surface area contributed by atoms with E-state index in [0.29, 0.717) is 56.7 Å². The molecule has 4 heterocycles. The number of unbranched alkanes of at least 4 members (excludes halogenated alkanes) is 1. The summed E-state index contributed by atoms with van der Waals surface area (Å²) >= 11 is 0. The zero-order valence-corrected chi connectivity index (χ0v) is 24.5. The third-order valence-electron chi connectivity index (χ3n) is 8.83. The van der Waals surface area contributed by atoms with Gasteiger partial charge in [-0.3, -0.25) is 9.69 Å². The van der Waals surface area contributed by atoms with Crippen molar-refractivity contribution in [3.05, 3.63) is 52.5 Å². The van der Waals surface area contributed by atoms with Gasteiger partial charge in [0.05, 0.1) is 19.8 Å². The zero-order chi connectivity index (χ0) is 29.5. The Morgan fingerprint density at radius 2 is 2.07 bits per heavy atom. The second-order valence-electron chi connectivity index (χ2n) is 11.7. The van der Waals surface area contributed by atoms with Crippen LogP contribution in [0.15, 0.2) is 24.3 Å². The number of pyridine rings is 1. The Kier molecular flexibility index (Phi) is 10.6. The number of likely N-dealkylation sites (tertiary alicyclic amines) is 1. The van der Waals surface area contributed by atoms with Gasteiger partial charge >= 0.3 is 5.97 Å². The number of anilines is 1. The molecule has 0 amide bonds. The summed E-state index contributed by atoms with van der Waals surface area (Å²) in [6.45, 7) is 3.15. The summed E-state index contributed by atoms with van der Waals surface area (Å²) in [6.07, 6.45) is 5.83. The van der Waals surface area contributed by atoms with Crippen LogP contribution in [0.2, 0.25) is 0 Å². The summed E-state index contributed by atoms with van der Waals surface area (Å²) in [5.41, 5.74) is 3.10. The monoisotopic (exact) mass is 587 g/mol. The summed E-state index contributed by atoms with van der Waals surface area (Å²) in [7, 11) is 1.68. The Hall–Kier alpha value is -2.82. The van der Waals surface area contributed by atoms with Gasteiger partial charge in [0.1, 0.15) is 29.6 Å². The van der Waals surface area contributed by atoms with Gasteiger partial charge in [0, 0.05) is 49.5 Å². The molecule has 5 rings (SSSR count). The molecule has 2 saturated heterocycles. The molecule has 8 nitrogen and oxygen atoms in total. The van der Waals surface area contributed by atoms with Crippen molar-refractivity contribution in [2.24, 2.45) is 5.92 Å². The van der Waals surface area contributed by atoms with E-state index < -0.39 is 24.0 Å². The van der Waals surface area contributed by atoms with Crippen LogP contribution in [-0.4, -0.2) is 73.2 Å². The third-order valence-corrected chi connectivity index (χ3v) is 8.83. The summed E-state index contributed by atoms with van der Waals surface area (Å²) < 4.78 is 46.7. The Bertz CT molecular complexity index is 1190. The first-order chi connectivity index (χ1) is 20.4. The first-order valence-corrected chi connectivity index (χ1v) is 15.3. The minimum Gasteiger partial charge on any atom is -0.496 e. The Labute approximate surface area is 246 Å². The average molecular weight is 588 g/mol. The van der Waals surface area contributed by atoms with Crippen LogP contribution in [0.1, 0.15) is 73.4 Å². The van der Waals surface area contributed by atoms with Crippen LogP contribution in [-0.2, 0) is 33.7 Å². The maximum atomic E-state index is 15.4. The number of aromatic nitrogens is 1. The number of alkyl halides is 1. The van der Waals surface area contributed by atoms with Crippen LogP contribution < -0.4 is 10.1 Å². The first kappa shape index (κ1) is 30.6. The van der Waals surface area contributed by atoms with E-state index in [1.807, 2.05) is 6.07 Å². The number of benzene rings is 1. The lowest BCUT2D eigenvalue weighted by Crippen LogP contribution is -2.34. The van der Waals surface area contributed by atoms with Crippen molar-refractivity contribution in [1.82, 2.24) is 9.88 Å². The van der Waals surface area contributed by atoms with Crippen LogP contribution in [0.25, 0.3) is 0 Å². The van der Waals surface area contributed by atoms with Crippen LogP contribution in [0.3, 0.4) is 0 Å². The number of methoxy groups -OCH3 is 1. The van der Waals surface area contributed by atoms with Crippen LogP contribution in [0, 0.1) is 11.7 Å². The number of carboxylic acid groups (broad SMARTS) is 1. The number of halogens is 2. The highest BCUT2D eigenvalue weighted by atomic mass is 19.1. The van der Waals surface area contributed by atoms with Crippen molar-refractivity contribution in [1.29, 1.82) is 0 Å². The van der Waals surface area contributed by atoms with E-state index in [1.54, 1.807) is 18.1 Å². The van der Waals surface area contributed by atoms with E-state index >= 15 is 4.39 Å². The normalized spacial score (nSPS) is 21.0. The summed E-state index contributed by atoms with van der Waals surface area (Å²) in [6, 6.07) is 5.18. The molecule has 0 spiro atoms. The molecule has 2 fully saturated rings. The number of aryl methyl sites for hydroxylation is 1. The fourth-order valence-electron chi connectivity index (χ4n) is 6.48. The highest BCUT2D eigenvalue weighted by molar-refractivity contribution is 5.76. The number of hydrogen-bond donors (Lipinski definition) is 2. The number of fused-ring (bicyclic) bond motifs is 1. The minimum atomic E-state index is -1.06. The molecule has 3 atom stereocenters. The predicted octanol–water partition coefficient (Wildman–Crippen LogP) is 5.48. The summed E-state index contributed by atoms with van der Waals surface area (Å²) in [4.78, 5) is 19.0. The van der Waals surface area contributed by atoms with E-state index in [4.69, 9.17) is 19.2 Å². The highest BCUT2D eigenvalue weighted by Gasteiger charge is 2.38. The van der Waals surface area contributed by atoms with Crippen molar-refractivity contribution >= 4 is 11.8 Å². The van der Waals surface area contributed by atoms with Crippen LogP contribution in [0.5, 0.6) is 5.75 Å². The zero-order valence-electron chi connectivity index (χ0n) is 24.5. The smallest absolute Gasteiger partial charge is 0.325 e. The number of ether oxygens (including phenoxy) is 3. The lowest BCUT2D eigenvalue weighted by atomic mass is 9.96. The maximum absolute atomic E-state index is 15.4. The van der Waals surface area contributed by atoms with E-state index in [1.165, 1.54) is 12.1 Å². The number of carbonyl (C=O) groups is 1. The van der Waals surface area contributed by atoms with E-state index in [9.17, 15) is 14.3 Å². The molecule has 2 N–H and O–H groups in total. The molecule has 1 aromatic carbocycles. The van der Waals surface area contributed by atoms with Crippen molar-refractivity contribution in [3.63, 3.8) is 0 Å². The summed E-state index contributed by atoms with van der Waals surface area (Å²) in [5, 5.41) is 13.6. The molecule has 10 heteroatoms. The molecule has 3 aliphatic heterocycles. The highest BCUT2D eigenvalue weighted by Crippen LogP contribution is 2.35. The number of carboxylic acids is 1. The Morgan fingerprint density at radius 3 is 2.86 bits per heavy atom. The van der Waals surface area contributed by atoms with Gasteiger partial charge in [0.25, 0.3) is 0 Å². The molecule has 0 radical (unpaired) electrons. The third kappa shape index (κ3) is 7.57. The number of rotatable bonds is 13. The number of nitrogens with zero attached hydrogens (tertiary/aromatic N) is 2. The first-order valence-electron chi connectivity index (χ1n) is 15.3. The van der Waals surface area contributed by atoms with Crippen molar-refractivity contribution in [2.45, 2.75) is 82.7 Å².